The van der Waals surface area contributed by atoms with Crippen LogP contribution in [0.3, 0.4) is 0 Å². The van der Waals surface area contributed by atoms with Gasteiger partial charge < -0.3 is 23.8 Å². The number of aromatic nitrogens is 1. The van der Waals surface area contributed by atoms with Gasteiger partial charge in [-0.3, -0.25) is 14.4 Å². The van der Waals surface area contributed by atoms with Crippen LogP contribution in [-0.2, 0) is 21.4 Å². The maximum absolute atomic E-state index is 11.4. The number of anilines is 1. The van der Waals surface area contributed by atoms with Crippen molar-refractivity contribution in [3.05, 3.63) is 18.4 Å². The van der Waals surface area contributed by atoms with Gasteiger partial charge in [-0.1, -0.05) is 0 Å². The molecule has 1 N–H and O–H groups in total. The largest absolute Gasteiger partial charge is 0.463 e. The smallest absolute Gasteiger partial charge is 0.308 e. The summed E-state index contributed by atoms with van der Waals surface area (Å²) in [5.74, 6) is -1.11. The molecule has 122 valence electrons. The van der Waals surface area contributed by atoms with Crippen LogP contribution in [0.15, 0.2) is 22.8 Å². The first kappa shape index (κ1) is 16.3. The molecule has 0 saturated heterocycles. The summed E-state index contributed by atoms with van der Waals surface area (Å²) < 4.78 is 17.2. The van der Waals surface area contributed by atoms with E-state index in [2.05, 4.69) is 5.32 Å². The Hall–Kier alpha value is -3.03. The zero-order chi connectivity index (χ0) is 17.1. The minimum atomic E-state index is -0.624. The van der Waals surface area contributed by atoms with Gasteiger partial charge in [-0.25, -0.2) is 0 Å². The number of hydrogen-bond donors (Lipinski definition) is 1. The average molecular weight is 320 g/mol. The molecule has 0 bridgehead atoms. The zero-order valence-corrected chi connectivity index (χ0v) is 13.1. The monoisotopic (exact) mass is 320 g/mol. The van der Waals surface area contributed by atoms with E-state index < -0.39 is 11.9 Å². The van der Waals surface area contributed by atoms with E-state index in [4.69, 9.17) is 13.9 Å². The first-order valence-electron chi connectivity index (χ1n) is 6.72. The fraction of sp³-hybridized carbons (Fsp3) is 0.267. The molecule has 2 aromatic heterocycles. The standard InChI is InChI=1S/C15H16N2O6/c1-8(18)16-15-14(23-10(3)20)13(22-9(2)19)12(17(15)4)11-6-5-7-21-11/h5-7H,1-4H3,(H,16,18). The number of nitrogens with zero attached hydrogens (tertiary/aromatic N) is 1. The van der Waals surface area contributed by atoms with Gasteiger partial charge in [0.1, 0.15) is 5.69 Å². The Bertz CT molecular complexity index is 758. The normalized spacial score (nSPS) is 10.3. The van der Waals surface area contributed by atoms with E-state index in [1.165, 1.54) is 31.6 Å². The quantitative estimate of drug-likeness (QED) is 0.866. The second kappa shape index (κ2) is 6.39. The summed E-state index contributed by atoms with van der Waals surface area (Å²) >= 11 is 0. The Balaban J connectivity index is 2.73. The SMILES string of the molecule is CC(=O)Nc1c(OC(C)=O)c(OC(C)=O)c(-c2ccco2)n1C. The zero-order valence-electron chi connectivity index (χ0n) is 13.1. The number of carbonyl (C=O) groups is 3. The summed E-state index contributed by atoms with van der Waals surface area (Å²) in [4.78, 5) is 34.3. The van der Waals surface area contributed by atoms with Crippen molar-refractivity contribution < 1.29 is 28.3 Å². The van der Waals surface area contributed by atoms with E-state index in [9.17, 15) is 14.4 Å². The molecule has 0 radical (unpaired) electrons. The van der Waals surface area contributed by atoms with E-state index in [0.717, 1.165) is 0 Å². The van der Waals surface area contributed by atoms with E-state index in [1.54, 1.807) is 19.2 Å². The van der Waals surface area contributed by atoms with Crippen molar-refractivity contribution in [2.45, 2.75) is 20.8 Å². The lowest BCUT2D eigenvalue weighted by Gasteiger charge is -2.07. The van der Waals surface area contributed by atoms with Crippen molar-refractivity contribution in [1.29, 1.82) is 0 Å². The number of esters is 2. The number of hydrogen-bond acceptors (Lipinski definition) is 6. The van der Waals surface area contributed by atoms with Crippen molar-refractivity contribution in [3.8, 4) is 23.0 Å². The lowest BCUT2D eigenvalue weighted by Crippen LogP contribution is -2.12. The molecule has 0 aliphatic rings. The van der Waals surface area contributed by atoms with E-state index >= 15 is 0 Å². The summed E-state index contributed by atoms with van der Waals surface area (Å²) in [6.07, 6.45) is 1.45. The minimum absolute atomic E-state index is 0.00565. The number of furan rings is 1. The molecule has 0 saturated carbocycles. The van der Waals surface area contributed by atoms with Crippen molar-refractivity contribution in [1.82, 2.24) is 4.57 Å². The van der Waals surface area contributed by atoms with E-state index in [-0.39, 0.29) is 23.2 Å². The van der Waals surface area contributed by atoms with Crippen molar-refractivity contribution in [3.63, 3.8) is 0 Å². The van der Waals surface area contributed by atoms with Gasteiger partial charge in [0.25, 0.3) is 0 Å². The topological polar surface area (TPSA) is 99.8 Å². The number of nitrogens with one attached hydrogen (secondary N) is 1. The highest BCUT2D eigenvalue weighted by atomic mass is 16.6. The highest BCUT2D eigenvalue weighted by Crippen LogP contribution is 2.46. The predicted molar refractivity (Wildman–Crippen MR) is 80.0 cm³/mol. The third-order valence-electron chi connectivity index (χ3n) is 2.85. The third-order valence-corrected chi connectivity index (χ3v) is 2.85. The van der Waals surface area contributed by atoms with E-state index in [1.807, 2.05) is 0 Å². The first-order valence-corrected chi connectivity index (χ1v) is 6.72. The van der Waals surface area contributed by atoms with Gasteiger partial charge in [0.15, 0.2) is 11.6 Å². The van der Waals surface area contributed by atoms with Crippen LogP contribution in [0.25, 0.3) is 11.5 Å². The second-order valence-corrected chi connectivity index (χ2v) is 4.76. The lowest BCUT2D eigenvalue weighted by atomic mass is 10.3. The highest BCUT2D eigenvalue weighted by molar-refractivity contribution is 5.94. The molecule has 0 atom stereocenters. The van der Waals surface area contributed by atoms with Gasteiger partial charge in [-0.05, 0) is 12.1 Å². The highest BCUT2D eigenvalue weighted by Gasteiger charge is 2.29. The van der Waals surface area contributed by atoms with Crippen LogP contribution in [0.2, 0.25) is 0 Å². The van der Waals surface area contributed by atoms with Gasteiger partial charge >= 0.3 is 11.9 Å². The number of carbonyl (C=O) groups excluding carboxylic acids is 3. The van der Waals surface area contributed by atoms with Gasteiger partial charge in [0.2, 0.25) is 17.4 Å². The molecule has 2 rings (SSSR count). The molecule has 1 amide bonds. The summed E-state index contributed by atoms with van der Waals surface area (Å²) in [6, 6.07) is 3.31. The molecule has 0 aliphatic carbocycles. The Morgan fingerprint density at radius 3 is 2.17 bits per heavy atom. The minimum Gasteiger partial charge on any atom is -0.463 e. The molecular weight excluding hydrogens is 304 g/mol. The maximum Gasteiger partial charge on any atom is 0.308 e. The lowest BCUT2D eigenvalue weighted by molar-refractivity contribution is -0.134. The number of rotatable bonds is 4. The van der Waals surface area contributed by atoms with Crippen molar-refractivity contribution >= 4 is 23.7 Å². The van der Waals surface area contributed by atoms with Crippen molar-refractivity contribution in [2.24, 2.45) is 7.05 Å². The van der Waals surface area contributed by atoms with Gasteiger partial charge in [0.05, 0.1) is 6.26 Å². The summed E-state index contributed by atoms with van der Waals surface area (Å²) in [6.45, 7) is 3.73. The first-order chi connectivity index (χ1) is 10.8. The van der Waals surface area contributed by atoms with Crippen LogP contribution in [-0.4, -0.2) is 22.4 Å². The summed E-state index contributed by atoms with van der Waals surface area (Å²) in [5.41, 5.74) is 0.352. The van der Waals surface area contributed by atoms with Gasteiger partial charge in [-0.15, -0.1) is 0 Å². The van der Waals surface area contributed by atoms with E-state index in [0.29, 0.717) is 11.5 Å². The van der Waals surface area contributed by atoms with Gasteiger partial charge in [-0.2, -0.15) is 0 Å². The molecule has 0 unspecified atom stereocenters. The molecular formula is C15H16N2O6. The molecule has 23 heavy (non-hydrogen) atoms. The Labute approximate surface area is 132 Å². The molecule has 0 aliphatic heterocycles. The molecule has 8 heteroatoms. The Morgan fingerprint density at radius 2 is 1.70 bits per heavy atom. The van der Waals surface area contributed by atoms with Crippen LogP contribution in [0, 0.1) is 0 Å². The summed E-state index contributed by atoms with van der Waals surface area (Å²) in [7, 11) is 1.61. The Morgan fingerprint density at radius 1 is 1.09 bits per heavy atom. The molecule has 2 aromatic rings. The second-order valence-electron chi connectivity index (χ2n) is 4.76. The predicted octanol–water partition coefficient (Wildman–Crippen LogP) is 2.09. The fourth-order valence-electron chi connectivity index (χ4n) is 2.11. The van der Waals surface area contributed by atoms with Crippen LogP contribution < -0.4 is 14.8 Å². The Kier molecular flexibility index (Phi) is 4.54. The van der Waals surface area contributed by atoms with Crippen LogP contribution in [0.4, 0.5) is 5.82 Å². The van der Waals surface area contributed by atoms with Crippen LogP contribution in [0.5, 0.6) is 11.5 Å². The molecule has 0 aromatic carbocycles. The molecule has 2 heterocycles. The molecule has 8 nitrogen and oxygen atoms in total. The number of amides is 1. The fourth-order valence-corrected chi connectivity index (χ4v) is 2.11. The third kappa shape index (κ3) is 3.42. The van der Waals surface area contributed by atoms with Crippen LogP contribution >= 0.6 is 0 Å². The average Bonchev–Trinajstić information content (AvgIpc) is 3.00. The molecule has 0 spiro atoms. The number of ether oxygens (including phenoxy) is 2. The van der Waals surface area contributed by atoms with Crippen LogP contribution in [0.1, 0.15) is 20.8 Å². The van der Waals surface area contributed by atoms with Gasteiger partial charge in [0, 0.05) is 27.8 Å². The maximum atomic E-state index is 11.4. The van der Waals surface area contributed by atoms with Crippen molar-refractivity contribution in [2.75, 3.05) is 5.32 Å². The molecule has 0 fully saturated rings. The summed E-state index contributed by atoms with van der Waals surface area (Å²) in [5, 5.41) is 2.56.